The van der Waals surface area contributed by atoms with E-state index in [4.69, 9.17) is 9.47 Å². The molecule has 0 fully saturated rings. The molecule has 3 aromatic heterocycles. The lowest BCUT2D eigenvalue weighted by molar-refractivity contribution is 0.393. The molecule has 0 aliphatic carbocycles. The van der Waals surface area contributed by atoms with Crippen LogP contribution in [0.3, 0.4) is 0 Å². The predicted molar refractivity (Wildman–Crippen MR) is 121 cm³/mol. The van der Waals surface area contributed by atoms with Gasteiger partial charge in [-0.1, -0.05) is 0 Å². The Kier molecular flexibility index (Phi) is 6.37. The van der Waals surface area contributed by atoms with Gasteiger partial charge in [-0.25, -0.2) is 4.98 Å². The lowest BCUT2D eigenvalue weighted by Gasteiger charge is -2.13. The molecule has 8 nitrogen and oxygen atoms in total. The third kappa shape index (κ3) is 5.16. The van der Waals surface area contributed by atoms with E-state index < -0.39 is 0 Å². The molecule has 1 aromatic carbocycles. The minimum atomic E-state index is 0.533. The maximum Gasteiger partial charge on any atom is 0.226 e. The summed E-state index contributed by atoms with van der Waals surface area (Å²) >= 11 is 0. The van der Waals surface area contributed by atoms with Gasteiger partial charge in [-0.2, -0.15) is 9.97 Å². The molecule has 2 N–H and O–H groups in total. The SMILES string of the molecule is COc1cc(CNc2nc(NCCc3ccncc3)nc3ncccc23)cc(OC)c1. The quantitative estimate of drug-likeness (QED) is 0.427. The van der Waals surface area contributed by atoms with Crippen LogP contribution in [0.4, 0.5) is 11.8 Å². The Morgan fingerprint density at radius 2 is 1.61 bits per heavy atom. The highest BCUT2D eigenvalue weighted by Crippen LogP contribution is 2.25. The van der Waals surface area contributed by atoms with E-state index in [-0.39, 0.29) is 0 Å². The van der Waals surface area contributed by atoms with Crippen molar-refractivity contribution < 1.29 is 9.47 Å². The van der Waals surface area contributed by atoms with E-state index in [2.05, 4.69) is 30.6 Å². The highest BCUT2D eigenvalue weighted by molar-refractivity contribution is 5.87. The number of methoxy groups -OCH3 is 2. The third-order valence-electron chi connectivity index (χ3n) is 4.79. The predicted octanol–water partition coefficient (Wildman–Crippen LogP) is 3.70. The molecule has 0 aliphatic heterocycles. The van der Waals surface area contributed by atoms with Gasteiger partial charge in [0.1, 0.15) is 17.3 Å². The molecule has 4 rings (SSSR count). The van der Waals surface area contributed by atoms with Crippen molar-refractivity contribution >= 4 is 22.8 Å². The lowest BCUT2D eigenvalue weighted by atomic mass is 10.2. The monoisotopic (exact) mass is 416 g/mol. The number of nitrogens with zero attached hydrogens (tertiary/aromatic N) is 4. The van der Waals surface area contributed by atoms with E-state index in [0.717, 1.165) is 28.9 Å². The number of nitrogens with one attached hydrogen (secondary N) is 2. The van der Waals surface area contributed by atoms with Gasteiger partial charge in [0, 0.05) is 37.7 Å². The zero-order valence-corrected chi connectivity index (χ0v) is 17.5. The van der Waals surface area contributed by atoms with Crippen LogP contribution < -0.4 is 20.1 Å². The summed E-state index contributed by atoms with van der Waals surface area (Å²) in [7, 11) is 3.28. The fourth-order valence-electron chi connectivity index (χ4n) is 3.20. The molecule has 0 saturated heterocycles. The summed E-state index contributed by atoms with van der Waals surface area (Å²) in [4.78, 5) is 17.7. The molecular weight excluding hydrogens is 392 g/mol. The Labute approximate surface area is 180 Å². The van der Waals surface area contributed by atoms with E-state index in [9.17, 15) is 0 Å². The van der Waals surface area contributed by atoms with Crippen molar-refractivity contribution in [2.24, 2.45) is 0 Å². The van der Waals surface area contributed by atoms with Gasteiger partial charge in [0.2, 0.25) is 5.95 Å². The normalized spacial score (nSPS) is 10.6. The Bertz CT molecular complexity index is 1130. The number of aromatic nitrogens is 4. The summed E-state index contributed by atoms with van der Waals surface area (Å²) in [5, 5.41) is 7.56. The highest BCUT2D eigenvalue weighted by atomic mass is 16.5. The Morgan fingerprint density at radius 3 is 2.35 bits per heavy atom. The summed E-state index contributed by atoms with van der Waals surface area (Å²) in [6.07, 6.45) is 6.16. The number of rotatable bonds is 9. The zero-order valence-electron chi connectivity index (χ0n) is 17.5. The average molecular weight is 416 g/mol. The molecule has 31 heavy (non-hydrogen) atoms. The number of pyridine rings is 2. The molecule has 0 saturated carbocycles. The molecule has 0 amide bonds. The molecule has 0 atom stereocenters. The molecular formula is C23H24N6O2. The minimum absolute atomic E-state index is 0.533. The van der Waals surface area contributed by atoms with Crippen LogP contribution in [0.2, 0.25) is 0 Å². The molecule has 3 heterocycles. The minimum Gasteiger partial charge on any atom is -0.497 e. The molecule has 0 spiro atoms. The number of ether oxygens (including phenoxy) is 2. The van der Waals surface area contributed by atoms with Crippen LogP contribution in [-0.4, -0.2) is 40.7 Å². The van der Waals surface area contributed by atoms with Crippen LogP contribution in [0, 0.1) is 0 Å². The molecule has 0 unspecified atom stereocenters. The van der Waals surface area contributed by atoms with Crippen LogP contribution in [0.15, 0.2) is 61.1 Å². The van der Waals surface area contributed by atoms with Gasteiger partial charge < -0.3 is 20.1 Å². The van der Waals surface area contributed by atoms with Crippen LogP contribution in [0.5, 0.6) is 11.5 Å². The molecule has 4 aromatic rings. The summed E-state index contributed by atoms with van der Waals surface area (Å²) in [5.74, 6) is 2.73. The second-order valence-corrected chi connectivity index (χ2v) is 6.88. The highest BCUT2D eigenvalue weighted by Gasteiger charge is 2.09. The van der Waals surface area contributed by atoms with Crippen molar-refractivity contribution in [2.75, 3.05) is 31.4 Å². The van der Waals surface area contributed by atoms with Crippen LogP contribution >= 0.6 is 0 Å². The van der Waals surface area contributed by atoms with E-state index in [1.165, 1.54) is 5.56 Å². The first-order valence-corrected chi connectivity index (χ1v) is 9.96. The van der Waals surface area contributed by atoms with Crippen molar-refractivity contribution in [1.29, 1.82) is 0 Å². The maximum atomic E-state index is 5.36. The lowest BCUT2D eigenvalue weighted by Crippen LogP contribution is -2.11. The first kappa shape index (κ1) is 20.3. The van der Waals surface area contributed by atoms with Gasteiger partial charge in [0.25, 0.3) is 0 Å². The first-order chi connectivity index (χ1) is 15.2. The second-order valence-electron chi connectivity index (χ2n) is 6.88. The summed E-state index contributed by atoms with van der Waals surface area (Å²) in [5.41, 5.74) is 2.85. The van der Waals surface area contributed by atoms with E-state index in [1.807, 2.05) is 42.5 Å². The van der Waals surface area contributed by atoms with Crippen molar-refractivity contribution in [1.82, 2.24) is 19.9 Å². The summed E-state index contributed by atoms with van der Waals surface area (Å²) in [6, 6.07) is 13.6. The number of anilines is 2. The van der Waals surface area contributed by atoms with Crippen molar-refractivity contribution in [3.05, 3.63) is 72.2 Å². The standard InChI is InChI=1S/C23H24N6O2/c1-30-18-12-17(13-19(14-18)31-2)15-27-22-20-4-3-8-25-21(20)28-23(29-22)26-11-7-16-5-9-24-10-6-16/h3-6,8-10,12-14H,7,11,15H2,1-2H3,(H2,25,26,27,28,29). The smallest absolute Gasteiger partial charge is 0.226 e. The zero-order chi connectivity index (χ0) is 21.5. The van der Waals surface area contributed by atoms with Crippen LogP contribution in [0.1, 0.15) is 11.1 Å². The van der Waals surface area contributed by atoms with E-state index in [1.54, 1.807) is 32.8 Å². The third-order valence-corrected chi connectivity index (χ3v) is 4.79. The summed E-state index contributed by atoms with van der Waals surface area (Å²) < 4.78 is 10.7. The van der Waals surface area contributed by atoms with E-state index in [0.29, 0.717) is 30.5 Å². The largest absolute Gasteiger partial charge is 0.497 e. The topological polar surface area (TPSA) is 94.1 Å². The Balaban J connectivity index is 1.52. The van der Waals surface area contributed by atoms with Crippen LogP contribution in [0.25, 0.3) is 11.0 Å². The fourth-order valence-corrected chi connectivity index (χ4v) is 3.20. The number of hydrogen-bond acceptors (Lipinski definition) is 8. The fraction of sp³-hybridized carbons (Fsp3) is 0.217. The van der Waals surface area contributed by atoms with Crippen molar-refractivity contribution in [3.63, 3.8) is 0 Å². The molecule has 0 aliphatic rings. The van der Waals surface area contributed by atoms with Gasteiger partial charge >= 0.3 is 0 Å². The van der Waals surface area contributed by atoms with Gasteiger partial charge in [-0.3, -0.25) is 4.98 Å². The average Bonchev–Trinajstić information content (AvgIpc) is 2.83. The van der Waals surface area contributed by atoms with E-state index >= 15 is 0 Å². The van der Waals surface area contributed by atoms with Crippen molar-refractivity contribution in [2.45, 2.75) is 13.0 Å². The Hall–Kier alpha value is -3.94. The number of benzene rings is 1. The Morgan fingerprint density at radius 1 is 0.839 bits per heavy atom. The molecule has 0 bridgehead atoms. The second kappa shape index (κ2) is 9.71. The number of hydrogen-bond donors (Lipinski definition) is 2. The molecule has 158 valence electrons. The molecule has 8 heteroatoms. The maximum absolute atomic E-state index is 5.36. The van der Waals surface area contributed by atoms with Gasteiger partial charge in [-0.15, -0.1) is 0 Å². The molecule has 0 radical (unpaired) electrons. The summed E-state index contributed by atoms with van der Waals surface area (Å²) in [6.45, 7) is 1.25. The van der Waals surface area contributed by atoms with Crippen molar-refractivity contribution in [3.8, 4) is 11.5 Å². The van der Waals surface area contributed by atoms with Gasteiger partial charge in [0.15, 0.2) is 5.65 Å². The number of fused-ring (bicyclic) bond motifs is 1. The van der Waals surface area contributed by atoms with Gasteiger partial charge in [0.05, 0.1) is 19.6 Å². The van der Waals surface area contributed by atoms with Gasteiger partial charge in [-0.05, 0) is 53.9 Å². The van der Waals surface area contributed by atoms with Crippen LogP contribution in [-0.2, 0) is 13.0 Å². The first-order valence-electron chi connectivity index (χ1n) is 9.96.